The number of aromatic nitrogens is 2. The highest BCUT2D eigenvalue weighted by atomic mass is 14.9. The second-order valence-corrected chi connectivity index (χ2v) is 3.27. The zero-order valence-electron chi connectivity index (χ0n) is 7.63. The van der Waals surface area contributed by atoms with Crippen molar-refractivity contribution < 1.29 is 0 Å². The van der Waals surface area contributed by atoms with Crippen molar-refractivity contribution in [1.82, 2.24) is 9.38 Å². The first-order valence-corrected chi connectivity index (χ1v) is 4.08. The van der Waals surface area contributed by atoms with E-state index < -0.39 is 0 Å². The summed E-state index contributed by atoms with van der Waals surface area (Å²) in [6.07, 6.45) is 5.87. The molecule has 12 heavy (non-hydrogen) atoms. The fraction of sp³-hybridized carbons (Fsp3) is 0.300. The molecule has 0 aliphatic rings. The van der Waals surface area contributed by atoms with Crippen molar-refractivity contribution in [3.63, 3.8) is 0 Å². The maximum atomic E-state index is 4.13. The van der Waals surface area contributed by atoms with Crippen molar-refractivity contribution in [2.45, 2.75) is 20.8 Å². The van der Waals surface area contributed by atoms with Gasteiger partial charge in [-0.1, -0.05) is 0 Å². The maximum absolute atomic E-state index is 4.13. The van der Waals surface area contributed by atoms with E-state index in [-0.39, 0.29) is 0 Å². The average molecular weight is 160 g/mol. The van der Waals surface area contributed by atoms with Gasteiger partial charge in [-0.25, -0.2) is 4.98 Å². The molecule has 2 heteroatoms. The van der Waals surface area contributed by atoms with Gasteiger partial charge in [0.15, 0.2) is 0 Å². The Morgan fingerprint density at radius 1 is 1.17 bits per heavy atom. The Morgan fingerprint density at radius 3 is 2.58 bits per heavy atom. The zero-order valence-corrected chi connectivity index (χ0v) is 7.63. The minimum atomic E-state index is 1.24. The Hall–Kier alpha value is -1.31. The summed E-state index contributed by atoms with van der Waals surface area (Å²) in [5.41, 5.74) is 5.21. The van der Waals surface area contributed by atoms with Crippen LogP contribution in [0.5, 0.6) is 0 Å². The number of fused-ring (bicyclic) bond motifs is 1. The lowest BCUT2D eigenvalue weighted by molar-refractivity contribution is 1.07. The highest BCUT2D eigenvalue weighted by Crippen LogP contribution is 2.18. The van der Waals surface area contributed by atoms with E-state index in [9.17, 15) is 0 Å². The molecule has 0 fully saturated rings. The van der Waals surface area contributed by atoms with Crippen molar-refractivity contribution in [2.24, 2.45) is 0 Å². The number of rotatable bonds is 0. The van der Waals surface area contributed by atoms with Crippen molar-refractivity contribution in [2.75, 3.05) is 0 Å². The third-order valence-electron chi connectivity index (χ3n) is 2.37. The average Bonchev–Trinajstić information content (AvgIpc) is 2.29. The second-order valence-electron chi connectivity index (χ2n) is 3.27. The fourth-order valence-corrected chi connectivity index (χ4v) is 1.62. The molecule has 0 radical (unpaired) electrons. The van der Waals surface area contributed by atoms with Crippen LogP contribution in [0.4, 0.5) is 0 Å². The molecule has 2 aromatic rings. The molecule has 0 aromatic carbocycles. The van der Waals surface area contributed by atoms with Crippen molar-refractivity contribution in [3.05, 3.63) is 35.4 Å². The third kappa shape index (κ3) is 0.843. The Balaban J connectivity index is 2.97. The molecule has 0 spiro atoms. The normalized spacial score (nSPS) is 10.9. The molecule has 0 amide bonds. The molecule has 0 atom stereocenters. The van der Waals surface area contributed by atoms with Gasteiger partial charge in [-0.15, -0.1) is 0 Å². The molecule has 2 rings (SSSR count). The molecule has 62 valence electrons. The summed E-state index contributed by atoms with van der Waals surface area (Å²) in [5.74, 6) is 0. The van der Waals surface area contributed by atoms with E-state index in [4.69, 9.17) is 0 Å². The second kappa shape index (κ2) is 2.34. The summed E-state index contributed by atoms with van der Waals surface area (Å²) in [6.45, 7) is 6.37. The lowest BCUT2D eigenvalue weighted by Gasteiger charge is -1.98. The Labute approximate surface area is 71.9 Å². The van der Waals surface area contributed by atoms with Gasteiger partial charge in [-0.05, 0) is 37.5 Å². The van der Waals surface area contributed by atoms with Gasteiger partial charge in [-0.2, -0.15) is 0 Å². The Morgan fingerprint density at radius 2 is 1.92 bits per heavy atom. The van der Waals surface area contributed by atoms with Crippen molar-refractivity contribution in [1.29, 1.82) is 0 Å². The standard InChI is InChI=1S/C10H12N2/c1-7-4-11-6-12-5-8(2)9(3)10(7)12/h4-6H,1-3H3. The van der Waals surface area contributed by atoms with Crippen LogP contribution in [0.2, 0.25) is 0 Å². The van der Waals surface area contributed by atoms with Gasteiger partial charge in [0.1, 0.15) is 0 Å². The molecule has 0 unspecified atom stereocenters. The van der Waals surface area contributed by atoms with E-state index in [1.165, 1.54) is 22.2 Å². The van der Waals surface area contributed by atoms with Crippen LogP contribution in [-0.2, 0) is 0 Å². The molecule has 2 heterocycles. The van der Waals surface area contributed by atoms with Gasteiger partial charge in [0.25, 0.3) is 0 Å². The highest BCUT2D eigenvalue weighted by molar-refractivity contribution is 5.62. The fourth-order valence-electron chi connectivity index (χ4n) is 1.62. The van der Waals surface area contributed by atoms with E-state index in [0.717, 1.165) is 0 Å². The van der Waals surface area contributed by atoms with E-state index >= 15 is 0 Å². The van der Waals surface area contributed by atoms with Crippen LogP contribution in [0, 0.1) is 20.8 Å². The van der Waals surface area contributed by atoms with Crippen molar-refractivity contribution >= 4 is 5.52 Å². The summed E-state index contributed by atoms with van der Waals surface area (Å²) in [5, 5.41) is 0. The Bertz CT molecular complexity index is 427. The first-order valence-electron chi connectivity index (χ1n) is 4.08. The monoisotopic (exact) mass is 160 g/mol. The summed E-state index contributed by atoms with van der Waals surface area (Å²) in [4.78, 5) is 4.13. The van der Waals surface area contributed by atoms with Crippen LogP contribution in [0.15, 0.2) is 18.7 Å². The maximum Gasteiger partial charge on any atom is 0.0990 e. The summed E-state index contributed by atoms with van der Waals surface area (Å²) < 4.78 is 2.08. The molecule has 0 bridgehead atoms. The smallest absolute Gasteiger partial charge is 0.0990 e. The lowest BCUT2D eigenvalue weighted by atomic mass is 10.2. The highest BCUT2D eigenvalue weighted by Gasteiger charge is 2.04. The molecular weight excluding hydrogens is 148 g/mol. The topological polar surface area (TPSA) is 17.3 Å². The van der Waals surface area contributed by atoms with Crippen LogP contribution in [0.25, 0.3) is 5.52 Å². The third-order valence-corrected chi connectivity index (χ3v) is 2.37. The van der Waals surface area contributed by atoms with Crippen LogP contribution < -0.4 is 0 Å². The minimum Gasteiger partial charge on any atom is -0.307 e. The van der Waals surface area contributed by atoms with Crippen LogP contribution >= 0.6 is 0 Å². The summed E-state index contributed by atoms with van der Waals surface area (Å²) >= 11 is 0. The molecule has 0 saturated carbocycles. The van der Waals surface area contributed by atoms with E-state index in [2.05, 4.69) is 36.4 Å². The number of nitrogens with zero attached hydrogens (tertiary/aromatic N) is 2. The summed E-state index contributed by atoms with van der Waals surface area (Å²) in [7, 11) is 0. The van der Waals surface area contributed by atoms with Gasteiger partial charge < -0.3 is 4.40 Å². The predicted octanol–water partition coefficient (Wildman–Crippen LogP) is 2.26. The SMILES string of the molecule is Cc1cn2cncc(C)c2c1C. The molecule has 0 aliphatic heterocycles. The molecule has 2 nitrogen and oxygen atoms in total. The van der Waals surface area contributed by atoms with Crippen molar-refractivity contribution in [3.8, 4) is 0 Å². The first-order chi connectivity index (χ1) is 5.70. The predicted molar refractivity (Wildman–Crippen MR) is 49.4 cm³/mol. The molecule has 2 aromatic heterocycles. The van der Waals surface area contributed by atoms with E-state index in [1.54, 1.807) is 0 Å². The summed E-state index contributed by atoms with van der Waals surface area (Å²) in [6, 6.07) is 0. The van der Waals surface area contributed by atoms with Gasteiger partial charge in [0, 0.05) is 12.4 Å². The molecule has 0 aliphatic carbocycles. The van der Waals surface area contributed by atoms with E-state index in [0.29, 0.717) is 0 Å². The van der Waals surface area contributed by atoms with Gasteiger partial charge in [-0.3, -0.25) is 0 Å². The van der Waals surface area contributed by atoms with Crippen LogP contribution in [-0.4, -0.2) is 9.38 Å². The van der Waals surface area contributed by atoms with Crippen LogP contribution in [0.3, 0.4) is 0 Å². The van der Waals surface area contributed by atoms with Gasteiger partial charge >= 0.3 is 0 Å². The van der Waals surface area contributed by atoms with Gasteiger partial charge in [0.2, 0.25) is 0 Å². The number of hydrogen-bond donors (Lipinski definition) is 0. The quantitative estimate of drug-likeness (QED) is 0.577. The number of hydrogen-bond acceptors (Lipinski definition) is 1. The molecule has 0 saturated heterocycles. The van der Waals surface area contributed by atoms with E-state index in [1.807, 2.05) is 12.5 Å². The Kier molecular flexibility index (Phi) is 1.43. The molecule has 0 N–H and O–H groups in total. The zero-order chi connectivity index (χ0) is 8.72. The largest absolute Gasteiger partial charge is 0.307 e. The lowest BCUT2D eigenvalue weighted by Crippen LogP contribution is -1.87. The molecular formula is C10H12N2. The number of aryl methyl sites for hydroxylation is 3. The van der Waals surface area contributed by atoms with Crippen LogP contribution in [0.1, 0.15) is 16.7 Å². The van der Waals surface area contributed by atoms with Gasteiger partial charge in [0.05, 0.1) is 11.8 Å². The first kappa shape index (κ1) is 7.35. The minimum absolute atomic E-state index is 1.24.